The molecule has 0 aliphatic carbocycles. The molecule has 25 heavy (non-hydrogen) atoms. The number of carbonyl (C=O) groups is 2. The highest BCUT2D eigenvalue weighted by atomic mass is 16.7. The maximum atomic E-state index is 11.9. The highest BCUT2D eigenvalue weighted by Crippen LogP contribution is 2.26. The summed E-state index contributed by atoms with van der Waals surface area (Å²) < 4.78 is 10.6. The zero-order valence-electron chi connectivity index (χ0n) is 14.6. The van der Waals surface area contributed by atoms with Crippen LogP contribution in [0.15, 0.2) is 35.9 Å². The number of hydrogen-bond acceptors (Lipinski definition) is 7. The molecule has 0 spiro atoms. The van der Waals surface area contributed by atoms with Crippen molar-refractivity contribution in [3.63, 3.8) is 0 Å². The molecule has 132 valence electrons. The molecule has 0 bridgehead atoms. The van der Waals surface area contributed by atoms with E-state index in [1.807, 2.05) is 44.2 Å². The van der Waals surface area contributed by atoms with Crippen LogP contribution in [0.1, 0.15) is 12.5 Å². The lowest BCUT2D eigenvalue weighted by molar-refractivity contribution is -0.147. The Balaban J connectivity index is 1.81. The molecule has 1 saturated heterocycles. The van der Waals surface area contributed by atoms with Crippen LogP contribution < -0.4 is 5.06 Å². The molecule has 1 fully saturated rings. The number of likely N-dealkylation sites (N-methyl/N-ethyl adjacent to an activating group) is 1. The minimum atomic E-state index is -1.10. The Morgan fingerprint density at radius 3 is 2.32 bits per heavy atom. The van der Waals surface area contributed by atoms with Gasteiger partial charge in [0.25, 0.3) is 0 Å². The average molecular weight is 344 g/mol. The molecule has 2 aliphatic heterocycles. The number of nitrogens with zero attached hydrogens (tertiary/aromatic N) is 2. The average Bonchev–Trinajstić information content (AvgIpc) is 2.52. The van der Waals surface area contributed by atoms with Crippen LogP contribution >= 0.6 is 0 Å². The van der Waals surface area contributed by atoms with E-state index in [1.54, 1.807) is 17.0 Å². The van der Waals surface area contributed by atoms with Gasteiger partial charge in [-0.05, 0) is 32.5 Å². The number of hydrogen-bond donors (Lipinski definition) is 0. The smallest absolute Gasteiger partial charge is 0.496 e. The van der Waals surface area contributed by atoms with Gasteiger partial charge in [-0.25, -0.2) is 5.06 Å². The predicted octanol–water partition coefficient (Wildman–Crippen LogP) is 1.12. The van der Waals surface area contributed by atoms with Gasteiger partial charge < -0.3 is 9.31 Å². The van der Waals surface area contributed by atoms with Gasteiger partial charge in [0, 0.05) is 0 Å². The van der Waals surface area contributed by atoms with E-state index < -0.39 is 25.1 Å². The quantitative estimate of drug-likeness (QED) is 0.588. The van der Waals surface area contributed by atoms with Crippen LogP contribution in [0, 0.1) is 6.92 Å². The topological polar surface area (TPSA) is 68.3 Å². The van der Waals surface area contributed by atoms with Crippen molar-refractivity contribution in [1.82, 2.24) is 4.90 Å². The van der Waals surface area contributed by atoms with Crippen molar-refractivity contribution in [3.05, 3.63) is 41.5 Å². The van der Waals surface area contributed by atoms with Gasteiger partial charge in [-0.2, -0.15) is 0 Å². The number of para-hydroxylation sites is 1. The van der Waals surface area contributed by atoms with Crippen molar-refractivity contribution in [2.24, 2.45) is 0 Å². The van der Waals surface area contributed by atoms with E-state index in [0.29, 0.717) is 6.54 Å². The van der Waals surface area contributed by atoms with E-state index >= 15 is 0 Å². The van der Waals surface area contributed by atoms with Gasteiger partial charge in [-0.15, -0.1) is 0 Å². The molecule has 1 aromatic carbocycles. The molecular formula is C17H21BN2O5. The fourth-order valence-electron chi connectivity index (χ4n) is 2.88. The van der Waals surface area contributed by atoms with E-state index in [-0.39, 0.29) is 13.1 Å². The number of rotatable bonds is 2. The Labute approximate surface area is 147 Å². The van der Waals surface area contributed by atoms with Crippen LogP contribution in [0.5, 0.6) is 0 Å². The van der Waals surface area contributed by atoms with E-state index in [2.05, 4.69) is 0 Å². The zero-order chi connectivity index (χ0) is 18.0. The molecule has 0 N–H and O–H groups in total. The lowest BCUT2D eigenvalue weighted by atomic mass is 9.78. The van der Waals surface area contributed by atoms with Gasteiger partial charge in [-0.3, -0.25) is 19.3 Å². The van der Waals surface area contributed by atoms with E-state index in [9.17, 15) is 9.59 Å². The molecule has 3 rings (SSSR count). The maximum absolute atomic E-state index is 11.9. The predicted molar refractivity (Wildman–Crippen MR) is 92.6 cm³/mol. The van der Waals surface area contributed by atoms with Crippen molar-refractivity contribution in [2.75, 3.05) is 31.7 Å². The Bertz CT molecular complexity index is 688. The first-order chi connectivity index (χ1) is 11.9. The Morgan fingerprint density at radius 1 is 1.04 bits per heavy atom. The summed E-state index contributed by atoms with van der Waals surface area (Å²) in [5.74, 6) is -0.912. The van der Waals surface area contributed by atoms with Crippen LogP contribution in [0.2, 0.25) is 0 Å². The third-order valence-corrected chi connectivity index (χ3v) is 4.04. The Morgan fingerprint density at radius 2 is 1.68 bits per heavy atom. The van der Waals surface area contributed by atoms with Crippen LogP contribution in [-0.4, -0.2) is 56.6 Å². The first-order valence-corrected chi connectivity index (χ1v) is 8.17. The van der Waals surface area contributed by atoms with Crippen LogP contribution in [0.25, 0.3) is 0 Å². The molecule has 1 atom stereocenters. The van der Waals surface area contributed by atoms with Crippen LogP contribution in [0.4, 0.5) is 5.69 Å². The lowest BCUT2D eigenvalue weighted by Crippen LogP contribution is -2.51. The molecule has 0 aromatic heterocycles. The van der Waals surface area contributed by atoms with E-state index in [0.717, 1.165) is 16.8 Å². The monoisotopic (exact) mass is 344 g/mol. The second kappa shape index (κ2) is 7.29. The summed E-state index contributed by atoms with van der Waals surface area (Å²) in [6.07, 6.45) is 1.82. The van der Waals surface area contributed by atoms with Crippen molar-refractivity contribution in [3.8, 4) is 0 Å². The lowest BCUT2D eigenvalue weighted by Gasteiger charge is -2.34. The summed E-state index contributed by atoms with van der Waals surface area (Å²) in [4.78, 5) is 31.4. The molecule has 0 amide bonds. The highest BCUT2D eigenvalue weighted by Gasteiger charge is 2.42. The Kier molecular flexibility index (Phi) is 5.10. The normalized spacial score (nSPS) is 22.7. The zero-order valence-corrected chi connectivity index (χ0v) is 14.6. The van der Waals surface area contributed by atoms with Crippen molar-refractivity contribution >= 4 is 24.7 Å². The fourth-order valence-corrected chi connectivity index (χ4v) is 2.88. The molecule has 2 heterocycles. The number of benzene rings is 1. The summed E-state index contributed by atoms with van der Waals surface area (Å²) >= 11 is 0. The standard InChI is InChI=1S/C17H21BN2O5/c1-12-8-15(18-23-16(21)10-19(3)11-17(22)24-18)25-20(9-12)14-7-5-4-6-13(14)2/h4-8,15H,9-11H2,1-3H3. The van der Waals surface area contributed by atoms with Crippen molar-refractivity contribution < 1.29 is 23.7 Å². The first kappa shape index (κ1) is 17.5. The molecular weight excluding hydrogens is 323 g/mol. The Hall–Kier alpha value is -2.32. The van der Waals surface area contributed by atoms with E-state index in [4.69, 9.17) is 14.1 Å². The SMILES string of the molecule is CC1=CC(B2OC(=O)CN(C)CC(=O)O2)ON(c2ccccc2C)C1. The molecule has 0 saturated carbocycles. The van der Waals surface area contributed by atoms with Gasteiger partial charge in [-0.1, -0.05) is 29.8 Å². The van der Waals surface area contributed by atoms with Crippen LogP contribution in [-0.2, 0) is 23.7 Å². The minimum Gasteiger partial charge on any atom is -0.496 e. The second-order valence-corrected chi connectivity index (χ2v) is 6.43. The summed E-state index contributed by atoms with van der Waals surface area (Å²) in [5.41, 5.74) is 3.01. The first-order valence-electron chi connectivity index (χ1n) is 8.17. The van der Waals surface area contributed by atoms with Gasteiger partial charge in [0.05, 0.1) is 25.3 Å². The second-order valence-electron chi connectivity index (χ2n) is 6.43. The van der Waals surface area contributed by atoms with Crippen molar-refractivity contribution in [1.29, 1.82) is 0 Å². The highest BCUT2D eigenvalue weighted by molar-refractivity contribution is 6.51. The molecule has 7 nitrogen and oxygen atoms in total. The molecule has 0 radical (unpaired) electrons. The van der Waals surface area contributed by atoms with Gasteiger partial charge in [0.2, 0.25) is 0 Å². The van der Waals surface area contributed by atoms with Crippen molar-refractivity contribution in [2.45, 2.75) is 19.9 Å². The van der Waals surface area contributed by atoms with Gasteiger partial charge in [0.1, 0.15) is 0 Å². The molecule has 1 aromatic rings. The third kappa shape index (κ3) is 4.21. The summed E-state index contributed by atoms with van der Waals surface area (Å²) in [5, 5.41) is 1.74. The largest absolute Gasteiger partial charge is 0.636 e. The molecule has 1 unspecified atom stereocenters. The number of aryl methyl sites for hydroxylation is 1. The third-order valence-electron chi connectivity index (χ3n) is 4.04. The van der Waals surface area contributed by atoms with E-state index in [1.165, 1.54) is 0 Å². The summed E-state index contributed by atoms with van der Waals surface area (Å²) in [7, 11) is 0.555. The number of carbonyl (C=O) groups excluding carboxylic acids is 2. The van der Waals surface area contributed by atoms with Gasteiger partial charge >= 0.3 is 19.1 Å². The minimum absolute atomic E-state index is 0.0303. The number of anilines is 1. The van der Waals surface area contributed by atoms with Crippen LogP contribution in [0.3, 0.4) is 0 Å². The summed E-state index contributed by atoms with van der Waals surface area (Å²) in [6, 6.07) is 7.14. The fraction of sp³-hybridized carbons (Fsp3) is 0.412. The maximum Gasteiger partial charge on any atom is 0.636 e. The van der Waals surface area contributed by atoms with Gasteiger partial charge in [0.15, 0.2) is 6.00 Å². The molecule has 8 heteroatoms. The molecule has 2 aliphatic rings. The summed E-state index contributed by atoms with van der Waals surface area (Å²) in [6.45, 7) is 4.60. The number of hydroxylamine groups is 1.